The molecule has 2 N–H and O–H groups in total. The third-order valence-corrected chi connectivity index (χ3v) is 3.88. The topological polar surface area (TPSA) is 85.2 Å². The highest BCUT2D eigenvalue weighted by molar-refractivity contribution is 6.05. The second-order valence-electron chi connectivity index (χ2n) is 7.60. The number of benzene rings is 2. The number of aromatic nitrogens is 2. The molecule has 0 radical (unpaired) electrons. The molecule has 1 aromatic heterocycles. The minimum absolute atomic E-state index is 0.266. The van der Waals surface area contributed by atoms with Gasteiger partial charge in [0.2, 0.25) is 0 Å². The maximum atomic E-state index is 12.6. The second-order valence-corrected chi connectivity index (χ2v) is 7.60. The molecular weight excluding hydrogens is 368 g/mol. The van der Waals surface area contributed by atoms with Crippen molar-refractivity contribution in [1.29, 1.82) is 0 Å². The Kier molecular flexibility index (Phi) is 5.97. The van der Waals surface area contributed by atoms with E-state index in [1.807, 2.05) is 35.0 Å². The number of nitrogens with zero attached hydrogens (tertiary/aromatic N) is 2. The first-order valence-corrected chi connectivity index (χ1v) is 9.25. The van der Waals surface area contributed by atoms with Gasteiger partial charge in [0, 0.05) is 35.9 Å². The Bertz CT molecular complexity index is 991. The van der Waals surface area contributed by atoms with Crippen LogP contribution in [0.1, 0.15) is 36.7 Å². The van der Waals surface area contributed by atoms with E-state index in [1.165, 1.54) is 0 Å². The standard InChI is InChI=1S/C22H24N4O3/c1-22(2,3)29-21(28)25-19-9-5-7-17(13-19)20(27)24-18-8-4-6-16(12-18)14-26-11-10-23-15-26/h4-13,15H,14H2,1-3H3,(H,24,27)(H,25,28). The minimum Gasteiger partial charge on any atom is -0.444 e. The predicted octanol–water partition coefficient (Wildman–Crippen LogP) is 4.53. The van der Waals surface area contributed by atoms with Crippen molar-refractivity contribution in [3.8, 4) is 0 Å². The minimum atomic E-state index is -0.596. The van der Waals surface area contributed by atoms with Gasteiger partial charge >= 0.3 is 6.09 Å². The molecule has 7 heteroatoms. The number of hydrogen-bond donors (Lipinski definition) is 2. The number of ether oxygens (including phenoxy) is 1. The lowest BCUT2D eigenvalue weighted by Crippen LogP contribution is -2.27. The maximum absolute atomic E-state index is 12.6. The lowest BCUT2D eigenvalue weighted by Gasteiger charge is -2.19. The molecule has 150 valence electrons. The Labute approximate surface area is 169 Å². The van der Waals surface area contributed by atoms with E-state index >= 15 is 0 Å². The lowest BCUT2D eigenvalue weighted by atomic mass is 10.1. The largest absolute Gasteiger partial charge is 0.444 e. The van der Waals surface area contributed by atoms with Crippen LogP contribution in [0.25, 0.3) is 0 Å². The van der Waals surface area contributed by atoms with Crippen molar-refractivity contribution in [1.82, 2.24) is 9.55 Å². The van der Waals surface area contributed by atoms with E-state index in [0.29, 0.717) is 23.5 Å². The van der Waals surface area contributed by atoms with Gasteiger partial charge in [-0.3, -0.25) is 10.1 Å². The number of rotatable bonds is 5. The molecule has 0 aliphatic heterocycles. The van der Waals surface area contributed by atoms with Crippen molar-refractivity contribution in [3.63, 3.8) is 0 Å². The summed E-state index contributed by atoms with van der Waals surface area (Å²) in [6.45, 7) is 6.03. The Morgan fingerprint density at radius 2 is 1.76 bits per heavy atom. The van der Waals surface area contributed by atoms with Gasteiger partial charge in [-0.2, -0.15) is 0 Å². The van der Waals surface area contributed by atoms with Crippen LogP contribution in [0.5, 0.6) is 0 Å². The van der Waals surface area contributed by atoms with Crippen molar-refractivity contribution in [2.24, 2.45) is 0 Å². The summed E-state index contributed by atoms with van der Waals surface area (Å²) in [5, 5.41) is 5.53. The third kappa shape index (κ3) is 6.21. The summed E-state index contributed by atoms with van der Waals surface area (Å²) in [5.41, 5.74) is 2.06. The molecular formula is C22H24N4O3. The molecule has 0 unspecified atom stereocenters. The van der Waals surface area contributed by atoms with Gasteiger partial charge in [0.15, 0.2) is 0 Å². The summed E-state index contributed by atoms with van der Waals surface area (Å²) in [6, 6.07) is 14.3. The van der Waals surface area contributed by atoms with Crippen LogP contribution in [0.15, 0.2) is 67.3 Å². The van der Waals surface area contributed by atoms with E-state index in [2.05, 4.69) is 15.6 Å². The first-order chi connectivity index (χ1) is 13.8. The van der Waals surface area contributed by atoms with Crippen LogP contribution in [-0.4, -0.2) is 27.2 Å². The highest BCUT2D eigenvalue weighted by Crippen LogP contribution is 2.17. The Morgan fingerprint density at radius 1 is 1.03 bits per heavy atom. The molecule has 3 rings (SSSR count). The molecule has 0 bridgehead atoms. The van der Waals surface area contributed by atoms with E-state index < -0.39 is 11.7 Å². The van der Waals surface area contributed by atoms with E-state index in [4.69, 9.17) is 4.74 Å². The summed E-state index contributed by atoms with van der Waals surface area (Å²) in [6.07, 6.45) is 4.79. The normalized spacial score (nSPS) is 11.0. The van der Waals surface area contributed by atoms with Crippen molar-refractivity contribution < 1.29 is 14.3 Å². The van der Waals surface area contributed by atoms with Crippen molar-refractivity contribution >= 4 is 23.4 Å². The van der Waals surface area contributed by atoms with Crippen molar-refractivity contribution in [2.75, 3.05) is 10.6 Å². The van der Waals surface area contributed by atoms with Crippen molar-refractivity contribution in [3.05, 3.63) is 78.4 Å². The molecule has 7 nitrogen and oxygen atoms in total. The van der Waals surface area contributed by atoms with Gasteiger partial charge in [-0.15, -0.1) is 0 Å². The van der Waals surface area contributed by atoms with Gasteiger partial charge in [0.05, 0.1) is 6.33 Å². The molecule has 3 aromatic rings. The van der Waals surface area contributed by atoms with Gasteiger partial charge in [-0.25, -0.2) is 9.78 Å². The average Bonchev–Trinajstić information content (AvgIpc) is 3.13. The highest BCUT2D eigenvalue weighted by Gasteiger charge is 2.16. The van der Waals surface area contributed by atoms with E-state index in [9.17, 15) is 9.59 Å². The molecule has 0 aliphatic rings. The molecule has 2 amide bonds. The highest BCUT2D eigenvalue weighted by atomic mass is 16.6. The summed E-state index contributed by atoms with van der Waals surface area (Å²) >= 11 is 0. The summed E-state index contributed by atoms with van der Waals surface area (Å²) in [5.74, 6) is -0.266. The number of hydrogen-bond acceptors (Lipinski definition) is 4. The molecule has 0 saturated heterocycles. The van der Waals surface area contributed by atoms with Gasteiger partial charge in [0.25, 0.3) is 5.91 Å². The summed E-state index contributed by atoms with van der Waals surface area (Å²) < 4.78 is 7.19. The zero-order valence-electron chi connectivity index (χ0n) is 16.7. The monoisotopic (exact) mass is 392 g/mol. The lowest BCUT2D eigenvalue weighted by molar-refractivity contribution is 0.0635. The Hall–Kier alpha value is -3.61. The molecule has 1 heterocycles. The number of imidazole rings is 1. The number of amides is 2. The SMILES string of the molecule is CC(C)(C)OC(=O)Nc1cccc(C(=O)Nc2cccc(Cn3ccnc3)c2)c1. The zero-order valence-corrected chi connectivity index (χ0v) is 16.7. The first kappa shape index (κ1) is 20.1. The quantitative estimate of drug-likeness (QED) is 0.668. The van der Waals surface area contributed by atoms with Crippen LogP contribution in [0.3, 0.4) is 0 Å². The van der Waals surface area contributed by atoms with Crippen LogP contribution < -0.4 is 10.6 Å². The number of carbonyl (C=O) groups is 2. The Balaban J connectivity index is 1.66. The van der Waals surface area contributed by atoms with E-state index in [-0.39, 0.29) is 5.91 Å². The van der Waals surface area contributed by atoms with Crippen LogP contribution in [-0.2, 0) is 11.3 Å². The summed E-state index contributed by atoms with van der Waals surface area (Å²) in [7, 11) is 0. The van der Waals surface area contributed by atoms with Crippen LogP contribution >= 0.6 is 0 Å². The summed E-state index contributed by atoms with van der Waals surface area (Å²) in [4.78, 5) is 28.6. The zero-order chi connectivity index (χ0) is 20.9. The predicted molar refractivity (Wildman–Crippen MR) is 112 cm³/mol. The van der Waals surface area contributed by atoms with Crippen LogP contribution in [0.2, 0.25) is 0 Å². The molecule has 0 aliphatic carbocycles. The number of carbonyl (C=O) groups excluding carboxylic acids is 2. The van der Waals surface area contributed by atoms with Gasteiger partial charge in [0.1, 0.15) is 5.60 Å². The number of nitrogens with one attached hydrogen (secondary N) is 2. The van der Waals surface area contributed by atoms with E-state index in [0.717, 1.165) is 5.56 Å². The molecule has 29 heavy (non-hydrogen) atoms. The van der Waals surface area contributed by atoms with E-state index in [1.54, 1.807) is 57.6 Å². The fourth-order valence-electron chi connectivity index (χ4n) is 2.70. The third-order valence-electron chi connectivity index (χ3n) is 3.88. The average molecular weight is 392 g/mol. The fraction of sp³-hybridized carbons (Fsp3) is 0.227. The molecule has 2 aromatic carbocycles. The maximum Gasteiger partial charge on any atom is 0.412 e. The molecule has 0 fully saturated rings. The van der Waals surface area contributed by atoms with Gasteiger partial charge in [-0.05, 0) is 56.7 Å². The Morgan fingerprint density at radius 3 is 2.45 bits per heavy atom. The van der Waals surface area contributed by atoms with Gasteiger partial charge in [-0.1, -0.05) is 18.2 Å². The first-order valence-electron chi connectivity index (χ1n) is 9.25. The molecule has 0 saturated carbocycles. The fourth-order valence-corrected chi connectivity index (χ4v) is 2.70. The van der Waals surface area contributed by atoms with Crippen LogP contribution in [0.4, 0.5) is 16.2 Å². The second kappa shape index (κ2) is 8.60. The van der Waals surface area contributed by atoms with Crippen LogP contribution in [0, 0.1) is 0 Å². The number of anilines is 2. The smallest absolute Gasteiger partial charge is 0.412 e. The molecule has 0 atom stereocenters. The van der Waals surface area contributed by atoms with Crippen molar-refractivity contribution in [2.45, 2.75) is 32.9 Å². The van der Waals surface area contributed by atoms with Gasteiger partial charge < -0.3 is 14.6 Å². The molecule has 0 spiro atoms.